The first-order valence-corrected chi connectivity index (χ1v) is 7.90. The molecule has 1 N–H and O–H groups in total. The van der Waals surface area contributed by atoms with Gasteiger partial charge in [-0.15, -0.1) is 11.3 Å². The van der Waals surface area contributed by atoms with Gasteiger partial charge in [0, 0.05) is 31.8 Å². The summed E-state index contributed by atoms with van der Waals surface area (Å²) in [4.78, 5) is 19.0. The van der Waals surface area contributed by atoms with Crippen LogP contribution in [0.2, 0.25) is 0 Å². The second kappa shape index (κ2) is 7.15. The molecule has 1 aliphatic rings. The molecule has 1 amide bonds. The predicted octanol–water partition coefficient (Wildman–Crippen LogP) is 1.51. The number of thiazole rings is 1. The lowest BCUT2D eigenvalue weighted by Gasteiger charge is -2.39. The van der Waals surface area contributed by atoms with E-state index in [9.17, 15) is 4.79 Å². The number of carbonyl (C=O) groups is 1. The van der Waals surface area contributed by atoms with Crippen molar-refractivity contribution in [3.8, 4) is 0 Å². The number of hydrogen-bond acceptors (Lipinski definition) is 5. The van der Waals surface area contributed by atoms with Gasteiger partial charge in [-0.25, -0.2) is 4.98 Å². The van der Waals surface area contributed by atoms with Crippen LogP contribution in [-0.4, -0.2) is 49.1 Å². The molecule has 2 rings (SSSR count). The molecule has 20 heavy (non-hydrogen) atoms. The van der Waals surface area contributed by atoms with Crippen LogP contribution in [0.25, 0.3) is 0 Å². The van der Waals surface area contributed by atoms with Gasteiger partial charge in [-0.3, -0.25) is 9.69 Å². The molecule has 112 valence electrons. The average molecular weight is 297 g/mol. The van der Waals surface area contributed by atoms with Crippen LogP contribution in [-0.2, 0) is 16.1 Å². The molecule has 0 aliphatic carbocycles. The Hall–Kier alpha value is -0.980. The predicted molar refractivity (Wildman–Crippen MR) is 79.6 cm³/mol. The highest BCUT2D eigenvalue weighted by atomic mass is 32.1. The molecule has 0 aromatic carbocycles. The Morgan fingerprint density at radius 3 is 3.20 bits per heavy atom. The quantitative estimate of drug-likeness (QED) is 0.809. The van der Waals surface area contributed by atoms with Crippen LogP contribution in [0, 0.1) is 5.41 Å². The van der Waals surface area contributed by atoms with Gasteiger partial charge in [0.25, 0.3) is 0 Å². The first-order valence-electron chi connectivity index (χ1n) is 7.02. The highest BCUT2D eigenvalue weighted by Crippen LogP contribution is 2.30. The van der Waals surface area contributed by atoms with E-state index in [0.717, 1.165) is 37.5 Å². The second-order valence-electron chi connectivity index (χ2n) is 5.55. The molecule has 6 heteroatoms. The van der Waals surface area contributed by atoms with Crippen molar-refractivity contribution in [3.05, 3.63) is 16.6 Å². The Balaban J connectivity index is 1.89. The first-order chi connectivity index (χ1) is 9.64. The maximum absolute atomic E-state index is 12.3. The van der Waals surface area contributed by atoms with E-state index >= 15 is 0 Å². The highest BCUT2D eigenvalue weighted by molar-refractivity contribution is 7.09. The van der Waals surface area contributed by atoms with Crippen LogP contribution in [0.4, 0.5) is 0 Å². The van der Waals surface area contributed by atoms with E-state index in [1.807, 2.05) is 11.6 Å². The summed E-state index contributed by atoms with van der Waals surface area (Å²) in [7, 11) is 1.64. The molecule has 1 aliphatic heterocycles. The Kier molecular flexibility index (Phi) is 5.51. The van der Waals surface area contributed by atoms with Gasteiger partial charge in [0.15, 0.2) is 0 Å². The minimum absolute atomic E-state index is 0.137. The van der Waals surface area contributed by atoms with Gasteiger partial charge in [0.1, 0.15) is 5.01 Å². The van der Waals surface area contributed by atoms with Crippen molar-refractivity contribution >= 4 is 17.2 Å². The van der Waals surface area contributed by atoms with Gasteiger partial charge in [0.2, 0.25) is 5.91 Å². The zero-order chi connectivity index (χ0) is 14.4. The molecule has 0 spiro atoms. The molecule has 1 fully saturated rings. The Morgan fingerprint density at radius 1 is 1.65 bits per heavy atom. The summed E-state index contributed by atoms with van der Waals surface area (Å²) in [5.41, 5.74) is -0.302. The van der Waals surface area contributed by atoms with Crippen LogP contribution in [0.3, 0.4) is 0 Å². The third-order valence-electron chi connectivity index (χ3n) is 3.76. The Bertz CT molecular complexity index is 424. The van der Waals surface area contributed by atoms with Crippen molar-refractivity contribution in [2.45, 2.75) is 26.3 Å². The topological polar surface area (TPSA) is 54.5 Å². The van der Waals surface area contributed by atoms with E-state index in [0.29, 0.717) is 13.2 Å². The number of nitrogens with zero attached hydrogens (tertiary/aromatic N) is 2. The Morgan fingerprint density at radius 2 is 2.50 bits per heavy atom. The van der Waals surface area contributed by atoms with E-state index in [1.165, 1.54) is 0 Å². The average Bonchev–Trinajstić information content (AvgIpc) is 2.92. The molecule has 1 atom stereocenters. The molecule has 0 saturated carbocycles. The SMILES string of the molecule is COCCNC(=O)C1(C)CCCN(Cc2nccs2)C1. The number of likely N-dealkylation sites (tertiary alicyclic amines) is 1. The van der Waals surface area contributed by atoms with E-state index < -0.39 is 0 Å². The third kappa shape index (κ3) is 4.01. The van der Waals surface area contributed by atoms with Crippen LogP contribution >= 0.6 is 11.3 Å². The lowest BCUT2D eigenvalue weighted by atomic mass is 9.81. The fourth-order valence-electron chi connectivity index (χ4n) is 2.67. The van der Waals surface area contributed by atoms with Gasteiger partial charge in [-0.2, -0.15) is 0 Å². The maximum Gasteiger partial charge on any atom is 0.227 e. The third-order valence-corrected chi connectivity index (χ3v) is 4.52. The molecule has 1 saturated heterocycles. The number of ether oxygens (including phenoxy) is 1. The number of hydrogen-bond donors (Lipinski definition) is 1. The van der Waals surface area contributed by atoms with Crippen LogP contribution in [0.5, 0.6) is 0 Å². The normalized spacial score (nSPS) is 23.7. The van der Waals surface area contributed by atoms with Crippen molar-refractivity contribution in [2.24, 2.45) is 5.41 Å². The molecule has 1 unspecified atom stereocenters. The molecule has 5 nitrogen and oxygen atoms in total. The number of rotatable bonds is 6. The lowest BCUT2D eigenvalue weighted by molar-refractivity contribution is -0.133. The number of nitrogens with one attached hydrogen (secondary N) is 1. The zero-order valence-corrected chi connectivity index (χ0v) is 13.0. The monoisotopic (exact) mass is 297 g/mol. The first kappa shape index (κ1) is 15.4. The molecular formula is C14H23N3O2S. The Labute approximate surface area is 124 Å². The summed E-state index contributed by atoms with van der Waals surface area (Å²) >= 11 is 1.67. The van der Waals surface area contributed by atoms with E-state index in [1.54, 1.807) is 18.4 Å². The molecule has 0 bridgehead atoms. The van der Waals surface area contributed by atoms with Crippen molar-refractivity contribution in [3.63, 3.8) is 0 Å². The minimum Gasteiger partial charge on any atom is -0.383 e. The molecule has 2 heterocycles. The smallest absolute Gasteiger partial charge is 0.227 e. The summed E-state index contributed by atoms with van der Waals surface area (Å²) < 4.78 is 4.97. The van der Waals surface area contributed by atoms with Gasteiger partial charge in [0.05, 0.1) is 18.6 Å². The molecular weight excluding hydrogens is 274 g/mol. The molecule has 1 aromatic rings. The van der Waals surface area contributed by atoms with Gasteiger partial charge in [-0.1, -0.05) is 0 Å². The number of methoxy groups -OCH3 is 1. The summed E-state index contributed by atoms with van der Waals surface area (Å²) in [5, 5.41) is 6.09. The highest BCUT2D eigenvalue weighted by Gasteiger charge is 2.37. The maximum atomic E-state index is 12.3. The van der Waals surface area contributed by atoms with E-state index in [4.69, 9.17) is 4.74 Å². The largest absolute Gasteiger partial charge is 0.383 e. The number of amides is 1. The van der Waals surface area contributed by atoms with Crippen molar-refractivity contribution in [1.82, 2.24) is 15.2 Å². The zero-order valence-electron chi connectivity index (χ0n) is 12.2. The summed E-state index contributed by atoms with van der Waals surface area (Å²) in [6, 6.07) is 0. The lowest BCUT2D eigenvalue weighted by Crippen LogP contribution is -2.50. The van der Waals surface area contributed by atoms with E-state index in [-0.39, 0.29) is 11.3 Å². The number of aromatic nitrogens is 1. The fraction of sp³-hybridized carbons (Fsp3) is 0.714. The summed E-state index contributed by atoms with van der Waals surface area (Å²) in [6.45, 7) is 5.88. The van der Waals surface area contributed by atoms with E-state index in [2.05, 4.69) is 22.1 Å². The van der Waals surface area contributed by atoms with Crippen molar-refractivity contribution < 1.29 is 9.53 Å². The summed E-state index contributed by atoms with van der Waals surface area (Å²) in [6.07, 6.45) is 3.83. The van der Waals surface area contributed by atoms with Crippen LogP contribution in [0.1, 0.15) is 24.8 Å². The minimum atomic E-state index is -0.302. The van der Waals surface area contributed by atoms with Crippen LogP contribution < -0.4 is 5.32 Å². The molecule has 0 radical (unpaired) electrons. The summed E-state index contributed by atoms with van der Waals surface area (Å²) in [5.74, 6) is 0.137. The van der Waals surface area contributed by atoms with Crippen LogP contribution in [0.15, 0.2) is 11.6 Å². The second-order valence-corrected chi connectivity index (χ2v) is 6.53. The van der Waals surface area contributed by atoms with Gasteiger partial charge in [-0.05, 0) is 26.3 Å². The van der Waals surface area contributed by atoms with Gasteiger partial charge < -0.3 is 10.1 Å². The molecule has 1 aromatic heterocycles. The van der Waals surface area contributed by atoms with Crippen molar-refractivity contribution in [2.75, 3.05) is 33.4 Å². The standard InChI is InChI=1S/C14H23N3O2S/c1-14(13(18)16-5-8-19-2)4-3-7-17(11-14)10-12-15-6-9-20-12/h6,9H,3-5,7-8,10-11H2,1-2H3,(H,16,18). The number of piperidine rings is 1. The van der Waals surface area contributed by atoms with Crippen molar-refractivity contribution in [1.29, 1.82) is 0 Å². The fourth-order valence-corrected chi connectivity index (χ4v) is 3.32. The van der Waals surface area contributed by atoms with Gasteiger partial charge >= 0.3 is 0 Å². The number of carbonyl (C=O) groups excluding carboxylic acids is 1.